The number of carbonyl (C=O) groups is 1. The van der Waals surface area contributed by atoms with Gasteiger partial charge >= 0.3 is 5.97 Å². The number of anilines is 1. The van der Waals surface area contributed by atoms with Crippen LogP contribution in [0.5, 0.6) is 0 Å². The first-order chi connectivity index (χ1) is 14.4. The average Bonchev–Trinajstić information content (AvgIpc) is 3.01. The normalized spacial score (nSPS) is 36.7. The molecule has 0 N–H and O–H groups in total. The molecule has 30 heavy (non-hydrogen) atoms. The van der Waals surface area contributed by atoms with Crippen molar-refractivity contribution >= 4 is 23.3 Å². The van der Waals surface area contributed by atoms with E-state index in [0.29, 0.717) is 5.92 Å². The zero-order valence-electron chi connectivity index (χ0n) is 18.1. The third kappa shape index (κ3) is 3.67. The predicted octanol–water partition coefficient (Wildman–Crippen LogP) is 4.78. The van der Waals surface area contributed by atoms with Crippen molar-refractivity contribution in [1.82, 2.24) is 4.90 Å². The van der Waals surface area contributed by atoms with Crippen molar-refractivity contribution in [2.45, 2.75) is 45.6 Å². The molecule has 2 aliphatic heterocycles. The molecule has 3 fully saturated rings. The number of carbonyl (C=O) groups excluding carboxylic acids is 1. The second-order valence-corrected chi connectivity index (χ2v) is 10.5. The molecular formula is C25H33ClN2O2. The molecule has 4 nitrogen and oxygen atoms in total. The second-order valence-electron chi connectivity index (χ2n) is 10.1. The number of benzene rings is 1. The molecule has 4 aliphatic rings. The summed E-state index contributed by atoms with van der Waals surface area (Å²) < 4.78 is 5.94. The Bertz CT molecular complexity index is 830. The summed E-state index contributed by atoms with van der Waals surface area (Å²) in [7, 11) is 0. The van der Waals surface area contributed by atoms with Gasteiger partial charge in [-0.1, -0.05) is 43.5 Å². The minimum atomic E-state index is -0.0109. The van der Waals surface area contributed by atoms with Crippen LogP contribution in [0.15, 0.2) is 35.9 Å². The van der Waals surface area contributed by atoms with Crippen LogP contribution in [0.3, 0.4) is 0 Å². The molecule has 2 saturated heterocycles. The van der Waals surface area contributed by atoms with Gasteiger partial charge in [0.15, 0.2) is 0 Å². The fourth-order valence-corrected chi connectivity index (χ4v) is 6.50. The van der Waals surface area contributed by atoms with Crippen molar-refractivity contribution in [3.63, 3.8) is 0 Å². The molecule has 5 heteroatoms. The highest BCUT2D eigenvalue weighted by Crippen LogP contribution is 2.54. The van der Waals surface area contributed by atoms with Crippen LogP contribution in [0.2, 0.25) is 5.02 Å². The minimum absolute atomic E-state index is 0.0109. The largest absolute Gasteiger partial charge is 0.461 e. The Labute approximate surface area is 185 Å². The lowest BCUT2D eigenvalue weighted by molar-refractivity contribution is -0.145. The number of rotatable bonds is 3. The van der Waals surface area contributed by atoms with Crippen LogP contribution >= 0.6 is 11.6 Å². The highest BCUT2D eigenvalue weighted by Gasteiger charge is 2.52. The number of nitrogens with zero attached hydrogens (tertiary/aromatic N) is 2. The molecule has 5 atom stereocenters. The highest BCUT2D eigenvalue weighted by atomic mass is 35.5. The van der Waals surface area contributed by atoms with E-state index in [1.807, 2.05) is 12.1 Å². The number of piperazine rings is 1. The van der Waals surface area contributed by atoms with Crippen molar-refractivity contribution in [2.24, 2.45) is 23.2 Å². The van der Waals surface area contributed by atoms with E-state index in [4.69, 9.17) is 16.3 Å². The van der Waals surface area contributed by atoms with E-state index in [0.717, 1.165) is 44.2 Å². The topological polar surface area (TPSA) is 32.8 Å². The Hall–Kier alpha value is -1.52. The van der Waals surface area contributed by atoms with Gasteiger partial charge in [0.25, 0.3) is 0 Å². The lowest BCUT2D eigenvalue weighted by atomic mass is 9.59. The summed E-state index contributed by atoms with van der Waals surface area (Å²) in [6, 6.07) is 8.09. The molecule has 1 aromatic rings. The van der Waals surface area contributed by atoms with Crippen molar-refractivity contribution in [3.8, 4) is 0 Å². The van der Waals surface area contributed by atoms with E-state index < -0.39 is 0 Å². The van der Waals surface area contributed by atoms with Crippen molar-refractivity contribution in [1.29, 1.82) is 0 Å². The maximum atomic E-state index is 12.8. The molecule has 1 saturated carbocycles. The van der Waals surface area contributed by atoms with Crippen molar-refractivity contribution < 1.29 is 9.53 Å². The van der Waals surface area contributed by atoms with Gasteiger partial charge in [-0.3, -0.25) is 9.69 Å². The summed E-state index contributed by atoms with van der Waals surface area (Å²) in [5.41, 5.74) is 3.06. The Balaban J connectivity index is 1.25. The van der Waals surface area contributed by atoms with Gasteiger partial charge in [0, 0.05) is 49.4 Å². The zero-order valence-corrected chi connectivity index (χ0v) is 18.9. The van der Waals surface area contributed by atoms with Gasteiger partial charge in [-0.2, -0.15) is 0 Å². The molecule has 1 aromatic carbocycles. The lowest BCUT2D eigenvalue weighted by Crippen LogP contribution is -2.49. The first kappa shape index (κ1) is 20.4. The standard InChI is InChI=1S/C25H33ClN2O2/c1-17-4-3-9-25(2)15-23-20(14-22(17)25)21(24(29)30-23)16-27-10-12-28(13-11-27)19-7-5-18(26)6-8-19/h5-8,14,17,20-21,23H,3-4,9-13,15-16H2,1-2H3/t17-,20-,21+,23-,25-/m1/s1. The first-order valence-electron chi connectivity index (χ1n) is 11.6. The maximum absolute atomic E-state index is 12.8. The van der Waals surface area contributed by atoms with Gasteiger partial charge in [0.2, 0.25) is 0 Å². The van der Waals surface area contributed by atoms with Gasteiger partial charge in [0.05, 0.1) is 5.92 Å². The van der Waals surface area contributed by atoms with Crippen LogP contribution in [0.25, 0.3) is 0 Å². The molecule has 5 rings (SSSR count). The van der Waals surface area contributed by atoms with Crippen LogP contribution in [-0.2, 0) is 9.53 Å². The van der Waals surface area contributed by atoms with E-state index in [2.05, 4.69) is 41.9 Å². The third-order valence-electron chi connectivity index (χ3n) is 8.10. The number of halogens is 1. The van der Waals surface area contributed by atoms with Crippen molar-refractivity contribution in [3.05, 3.63) is 40.9 Å². The molecule has 0 radical (unpaired) electrons. The Morgan fingerprint density at radius 2 is 1.90 bits per heavy atom. The number of esters is 1. The quantitative estimate of drug-likeness (QED) is 0.512. The SMILES string of the molecule is C[C@@H]1CCC[C@]2(C)C[C@H]3OC(=O)[C@@H](CN4CCN(c5ccc(Cl)cc5)CC4)[C@H]3C=C12. The smallest absolute Gasteiger partial charge is 0.311 e. The highest BCUT2D eigenvalue weighted by molar-refractivity contribution is 6.30. The van der Waals surface area contributed by atoms with Gasteiger partial charge in [-0.05, 0) is 54.9 Å². The van der Waals surface area contributed by atoms with Gasteiger partial charge in [-0.25, -0.2) is 0 Å². The molecule has 0 aromatic heterocycles. The number of fused-ring (bicyclic) bond motifs is 2. The molecule has 2 aliphatic carbocycles. The van der Waals surface area contributed by atoms with Crippen LogP contribution in [0.4, 0.5) is 5.69 Å². The molecule has 0 bridgehead atoms. The molecule has 2 heterocycles. The summed E-state index contributed by atoms with van der Waals surface area (Å²) >= 11 is 6.02. The minimum Gasteiger partial charge on any atom is -0.461 e. The van der Waals surface area contributed by atoms with Crippen LogP contribution in [0, 0.1) is 23.2 Å². The number of hydrogen-bond donors (Lipinski definition) is 0. The lowest BCUT2D eigenvalue weighted by Gasteiger charge is -2.46. The molecule has 162 valence electrons. The van der Waals surface area contributed by atoms with E-state index in [-0.39, 0.29) is 29.3 Å². The summed E-state index contributed by atoms with van der Waals surface area (Å²) in [5, 5.41) is 0.775. The van der Waals surface area contributed by atoms with Gasteiger partial charge in [-0.15, -0.1) is 0 Å². The summed E-state index contributed by atoms with van der Waals surface area (Å²) in [6.45, 7) is 9.50. The summed E-state index contributed by atoms with van der Waals surface area (Å²) in [5.74, 6) is 0.916. The molecule has 0 unspecified atom stereocenters. The summed E-state index contributed by atoms with van der Waals surface area (Å²) in [4.78, 5) is 17.7. The fraction of sp³-hybridized carbons (Fsp3) is 0.640. The van der Waals surface area contributed by atoms with E-state index in [1.165, 1.54) is 24.9 Å². The molecular weight excluding hydrogens is 396 g/mol. The van der Waals surface area contributed by atoms with Crippen LogP contribution in [-0.4, -0.2) is 49.7 Å². The predicted molar refractivity (Wildman–Crippen MR) is 121 cm³/mol. The zero-order chi connectivity index (χ0) is 20.9. The number of ether oxygens (including phenoxy) is 1. The Morgan fingerprint density at radius 1 is 1.17 bits per heavy atom. The average molecular weight is 429 g/mol. The summed E-state index contributed by atoms with van der Waals surface area (Å²) in [6.07, 6.45) is 7.38. The van der Waals surface area contributed by atoms with Crippen molar-refractivity contribution in [2.75, 3.05) is 37.6 Å². The maximum Gasteiger partial charge on any atom is 0.311 e. The van der Waals surface area contributed by atoms with Crippen LogP contribution < -0.4 is 4.90 Å². The molecule has 0 spiro atoms. The molecule has 0 amide bonds. The van der Waals surface area contributed by atoms with E-state index >= 15 is 0 Å². The Morgan fingerprint density at radius 3 is 2.63 bits per heavy atom. The fourth-order valence-electron chi connectivity index (χ4n) is 6.38. The Kier molecular flexibility index (Phi) is 5.35. The number of hydrogen-bond acceptors (Lipinski definition) is 4. The van der Waals surface area contributed by atoms with Gasteiger partial charge < -0.3 is 9.64 Å². The van der Waals surface area contributed by atoms with Gasteiger partial charge in [0.1, 0.15) is 6.10 Å². The first-order valence-corrected chi connectivity index (χ1v) is 12.0. The number of allylic oxidation sites excluding steroid dienone is 1. The monoisotopic (exact) mass is 428 g/mol. The van der Waals surface area contributed by atoms with E-state index in [9.17, 15) is 4.79 Å². The third-order valence-corrected chi connectivity index (χ3v) is 8.35. The van der Waals surface area contributed by atoms with Crippen LogP contribution in [0.1, 0.15) is 39.5 Å². The van der Waals surface area contributed by atoms with E-state index in [1.54, 1.807) is 5.57 Å². The second kappa shape index (κ2) is 7.87.